The molecule has 6 nitrogen and oxygen atoms in total. The van der Waals surface area contributed by atoms with Crippen LogP contribution in [0.2, 0.25) is 0 Å². The number of carbonyl (C=O) groups is 1. The van der Waals surface area contributed by atoms with Crippen molar-refractivity contribution in [2.75, 3.05) is 39.6 Å². The lowest BCUT2D eigenvalue weighted by Gasteiger charge is -2.28. The van der Waals surface area contributed by atoms with Gasteiger partial charge in [-0.1, -0.05) is 36.4 Å². The predicted octanol–water partition coefficient (Wildman–Crippen LogP) is 1.20. The van der Waals surface area contributed by atoms with Crippen molar-refractivity contribution >= 4 is 12.0 Å². The van der Waals surface area contributed by atoms with E-state index in [1.165, 1.54) is 4.90 Å². The zero-order valence-electron chi connectivity index (χ0n) is 15.7. The number of amides is 1. The SMILES string of the molecule is O=C(/C=C/c1ccc2c(c1)OCO2)N[C@H](C[NH+]1CCOCC1)c1ccccc1. The third-order valence-electron chi connectivity index (χ3n) is 5.03. The van der Waals surface area contributed by atoms with Crippen molar-refractivity contribution in [3.63, 3.8) is 0 Å². The molecule has 0 unspecified atom stereocenters. The highest BCUT2D eigenvalue weighted by Crippen LogP contribution is 2.32. The van der Waals surface area contributed by atoms with Crippen LogP contribution in [0.1, 0.15) is 17.2 Å². The van der Waals surface area contributed by atoms with Crippen LogP contribution in [0.4, 0.5) is 0 Å². The largest absolute Gasteiger partial charge is 0.454 e. The molecule has 0 radical (unpaired) electrons. The highest BCUT2D eigenvalue weighted by molar-refractivity contribution is 5.92. The summed E-state index contributed by atoms with van der Waals surface area (Å²) < 4.78 is 16.1. The first-order valence-corrected chi connectivity index (χ1v) is 9.62. The quantitative estimate of drug-likeness (QED) is 0.739. The van der Waals surface area contributed by atoms with Gasteiger partial charge < -0.3 is 24.4 Å². The van der Waals surface area contributed by atoms with Crippen molar-refractivity contribution < 1.29 is 23.9 Å². The van der Waals surface area contributed by atoms with E-state index in [1.54, 1.807) is 12.2 Å². The minimum Gasteiger partial charge on any atom is -0.454 e. The van der Waals surface area contributed by atoms with E-state index < -0.39 is 0 Å². The predicted molar refractivity (Wildman–Crippen MR) is 105 cm³/mol. The van der Waals surface area contributed by atoms with Crippen LogP contribution < -0.4 is 19.7 Å². The van der Waals surface area contributed by atoms with Crippen LogP contribution in [-0.4, -0.2) is 45.5 Å². The van der Waals surface area contributed by atoms with Gasteiger partial charge in [0, 0.05) is 6.08 Å². The third-order valence-corrected chi connectivity index (χ3v) is 5.03. The van der Waals surface area contributed by atoms with Crippen molar-refractivity contribution in [3.05, 3.63) is 65.7 Å². The van der Waals surface area contributed by atoms with E-state index in [1.807, 2.05) is 36.4 Å². The molecule has 0 aliphatic carbocycles. The lowest BCUT2D eigenvalue weighted by atomic mass is 10.1. The minimum absolute atomic E-state index is 0.0387. The second-order valence-corrected chi connectivity index (χ2v) is 6.98. The maximum atomic E-state index is 12.6. The maximum Gasteiger partial charge on any atom is 0.244 e. The van der Waals surface area contributed by atoms with Gasteiger partial charge in [-0.15, -0.1) is 0 Å². The number of hydrogen-bond acceptors (Lipinski definition) is 4. The molecule has 0 aromatic heterocycles. The van der Waals surface area contributed by atoms with Gasteiger partial charge in [-0.05, 0) is 29.3 Å². The topological polar surface area (TPSA) is 61.2 Å². The number of ether oxygens (including phenoxy) is 3. The van der Waals surface area contributed by atoms with E-state index in [4.69, 9.17) is 14.2 Å². The van der Waals surface area contributed by atoms with Gasteiger partial charge in [0.05, 0.1) is 13.2 Å². The van der Waals surface area contributed by atoms with Gasteiger partial charge in [-0.2, -0.15) is 0 Å². The van der Waals surface area contributed by atoms with Gasteiger partial charge in [-0.25, -0.2) is 0 Å². The number of morpholine rings is 1. The number of benzene rings is 2. The van der Waals surface area contributed by atoms with Gasteiger partial charge in [0.2, 0.25) is 12.7 Å². The van der Waals surface area contributed by atoms with E-state index in [0.717, 1.165) is 49.7 Å². The standard InChI is InChI=1S/C22H24N2O4/c25-22(9-7-17-6-8-20-21(14-17)28-16-27-20)23-19(18-4-2-1-3-5-18)15-24-10-12-26-13-11-24/h1-9,14,19H,10-13,15-16H2,(H,23,25)/p+1/b9-7+/t19-/m1/s1. The molecule has 2 heterocycles. The van der Waals surface area contributed by atoms with Gasteiger partial charge in [0.1, 0.15) is 25.7 Å². The smallest absolute Gasteiger partial charge is 0.244 e. The first-order valence-electron chi connectivity index (χ1n) is 9.62. The second-order valence-electron chi connectivity index (χ2n) is 6.98. The first kappa shape index (κ1) is 18.5. The number of hydrogen-bond donors (Lipinski definition) is 2. The molecular weight excluding hydrogens is 356 g/mol. The van der Waals surface area contributed by atoms with Crippen LogP contribution in [0, 0.1) is 0 Å². The average molecular weight is 381 g/mol. The second kappa shape index (κ2) is 8.91. The van der Waals surface area contributed by atoms with Crippen LogP contribution >= 0.6 is 0 Å². The summed E-state index contributed by atoms with van der Waals surface area (Å²) >= 11 is 0. The van der Waals surface area contributed by atoms with Crippen LogP contribution in [-0.2, 0) is 9.53 Å². The molecule has 0 saturated carbocycles. The van der Waals surface area contributed by atoms with Crippen molar-refractivity contribution in [1.29, 1.82) is 0 Å². The molecule has 6 heteroatoms. The Balaban J connectivity index is 1.42. The molecule has 2 aromatic rings. The lowest BCUT2D eigenvalue weighted by Crippen LogP contribution is -3.14. The molecule has 1 atom stereocenters. The summed E-state index contributed by atoms with van der Waals surface area (Å²) in [6.07, 6.45) is 3.36. The summed E-state index contributed by atoms with van der Waals surface area (Å²) in [6, 6.07) is 15.7. The Kier molecular flexibility index (Phi) is 5.89. The van der Waals surface area contributed by atoms with Crippen molar-refractivity contribution in [2.24, 2.45) is 0 Å². The Labute approximate surface area is 164 Å². The fourth-order valence-corrected chi connectivity index (χ4v) is 3.50. The summed E-state index contributed by atoms with van der Waals surface area (Å²) in [5.74, 6) is 1.33. The fourth-order valence-electron chi connectivity index (χ4n) is 3.50. The monoisotopic (exact) mass is 381 g/mol. The molecule has 0 bridgehead atoms. The number of nitrogens with one attached hydrogen (secondary N) is 2. The number of rotatable bonds is 6. The third kappa shape index (κ3) is 4.71. The zero-order chi connectivity index (χ0) is 19.2. The van der Waals surface area contributed by atoms with E-state index in [-0.39, 0.29) is 18.7 Å². The molecule has 2 aliphatic heterocycles. The average Bonchev–Trinajstić information content (AvgIpc) is 3.21. The molecule has 1 saturated heterocycles. The number of quaternary nitrogens is 1. The van der Waals surface area contributed by atoms with Crippen molar-refractivity contribution in [3.8, 4) is 11.5 Å². The van der Waals surface area contributed by atoms with Crippen LogP contribution in [0.5, 0.6) is 11.5 Å². The van der Waals surface area contributed by atoms with Crippen molar-refractivity contribution in [2.45, 2.75) is 6.04 Å². The zero-order valence-corrected chi connectivity index (χ0v) is 15.7. The Hall–Kier alpha value is -2.83. The fraction of sp³-hybridized carbons (Fsp3) is 0.318. The summed E-state index contributed by atoms with van der Waals surface area (Å²) in [5, 5.41) is 3.16. The van der Waals surface area contributed by atoms with Crippen LogP contribution in [0.3, 0.4) is 0 Å². The summed E-state index contributed by atoms with van der Waals surface area (Å²) in [4.78, 5) is 14.0. The Morgan fingerprint density at radius 3 is 2.68 bits per heavy atom. The molecule has 28 heavy (non-hydrogen) atoms. The Bertz CT molecular complexity index is 832. The minimum atomic E-state index is -0.112. The van der Waals surface area contributed by atoms with Gasteiger partial charge >= 0.3 is 0 Å². The van der Waals surface area contributed by atoms with Gasteiger partial charge in [0.15, 0.2) is 11.5 Å². The highest BCUT2D eigenvalue weighted by Gasteiger charge is 2.22. The molecule has 4 rings (SSSR count). The first-order chi connectivity index (χ1) is 13.8. The molecule has 146 valence electrons. The maximum absolute atomic E-state index is 12.6. The normalized spacial score (nSPS) is 17.6. The number of carbonyl (C=O) groups excluding carboxylic acids is 1. The summed E-state index contributed by atoms with van der Waals surface area (Å²) in [5.41, 5.74) is 2.01. The summed E-state index contributed by atoms with van der Waals surface area (Å²) in [6.45, 7) is 4.56. The van der Waals surface area contributed by atoms with E-state index in [9.17, 15) is 4.79 Å². The van der Waals surface area contributed by atoms with Crippen LogP contribution in [0.25, 0.3) is 6.08 Å². The van der Waals surface area contributed by atoms with Crippen LogP contribution in [0.15, 0.2) is 54.6 Å². The van der Waals surface area contributed by atoms with E-state index >= 15 is 0 Å². The van der Waals surface area contributed by atoms with Crippen molar-refractivity contribution in [1.82, 2.24) is 5.32 Å². The summed E-state index contributed by atoms with van der Waals surface area (Å²) in [7, 11) is 0. The lowest BCUT2D eigenvalue weighted by molar-refractivity contribution is -0.909. The number of fused-ring (bicyclic) bond motifs is 1. The molecule has 1 fully saturated rings. The van der Waals surface area contributed by atoms with Gasteiger partial charge in [-0.3, -0.25) is 4.79 Å². The molecule has 2 N–H and O–H groups in total. The molecule has 2 aliphatic rings. The highest BCUT2D eigenvalue weighted by atomic mass is 16.7. The Morgan fingerprint density at radius 2 is 1.86 bits per heavy atom. The molecule has 0 spiro atoms. The molecule has 1 amide bonds. The Morgan fingerprint density at radius 1 is 1.07 bits per heavy atom. The van der Waals surface area contributed by atoms with Gasteiger partial charge in [0.25, 0.3) is 0 Å². The molecular formula is C22H25N2O4+. The molecule has 2 aromatic carbocycles. The van der Waals surface area contributed by atoms with E-state index in [2.05, 4.69) is 17.4 Å². The van der Waals surface area contributed by atoms with E-state index in [0.29, 0.717) is 5.75 Å².